The van der Waals surface area contributed by atoms with Gasteiger partial charge in [-0.15, -0.1) is 0 Å². The number of carbonyl (C=O) groups is 1. The molecule has 0 spiro atoms. The van der Waals surface area contributed by atoms with Crippen LogP contribution in [0.4, 0.5) is 13.2 Å². The van der Waals surface area contributed by atoms with Crippen molar-refractivity contribution >= 4 is 5.91 Å². The second-order valence-corrected chi connectivity index (χ2v) is 3.16. The van der Waals surface area contributed by atoms with Crippen molar-refractivity contribution in [2.45, 2.75) is 40.8 Å². The number of benzene rings is 1. The second kappa shape index (κ2) is 10.4. The third kappa shape index (κ3) is 10.1. The van der Waals surface area contributed by atoms with Gasteiger partial charge in [-0.2, -0.15) is 13.2 Å². The van der Waals surface area contributed by atoms with Crippen LogP contribution in [0.5, 0.6) is 0 Å². The van der Waals surface area contributed by atoms with Crippen LogP contribution in [-0.4, -0.2) is 18.6 Å². The molecule has 1 aromatic rings. The highest BCUT2D eigenvalue weighted by Crippen LogP contribution is 2.12. The summed E-state index contributed by atoms with van der Waals surface area (Å²) >= 11 is 0. The minimum absolute atomic E-state index is 0.227. The van der Waals surface area contributed by atoms with E-state index in [0.29, 0.717) is 0 Å². The monoisotopic (exact) mass is 277 g/mol. The number of rotatable bonds is 2. The molecule has 1 N–H and O–H groups in total. The van der Waals surface area contributed by atoms with Crippen molar-refractivity contribution in [3.8, 4) is 0 Å². The van der Waals surface area contributed by atoms with Gasteiger partial charge in [-0.3, -0.25) is 4.79 Å². The van der Waals surface area contributed by atoms with Crippen LogP contribution in [0.3, 0.4) is 0 Å². The van der Waals surface area contributed by atoms with Crippen LogP contribution >= 0.6 is 0 Å². The Hall–Kier alpha value is -1.52. The van der Waals surface area contributed by atoms with E-state index >= 15 is 0 Å². The van der Waals surface area contributed by atoms with E-state index in [0.717, 1.165) is 5.56 Å². The molecule has 0 aliphatic carbocycles. The SMILES string of the molecule is CC.CC.Cc1ccc(C(=O)NCC(F)(F)F)cc1. The summed E-state index contributed by atoms with van der Waals surface area (Å²) in [5, 5.41) is 1.79. The topological polar surface area (TPSA) is 29.1 Å². The first-order chi connectivity index (χ1) is 8.88. The van der Waals surface area contributed by atoms with Gasteiger partial charge in [-0.05, 0) is 19.1 Å². The van der Waals surface area contributed by atoms with Crippen LogP contribution in [0, 0.1) is 6.92 Å². The number of halogens is 3. The van der Waals surface area contributed by atoms with E-state index in [2.05, 4.69) is 0 Å². The van der Waals surface area contributed by atoms with Crippen LogP contribution in [0.15, 0.2) is 24.3 Å². The Labute approximate surface area is 113 Å². The van der Waals surface area contributed by atoms with Crippen LogP contribution in [0.1, 0.15) is 43.6 Å². The quantitative estimate of drug-likeness (QED) is 0.856. The second-order valence-electron chi connectivity index (χ2n) is 3.16. The molecule has 0 heterocycles. The Morgan fingerprint density at radius 2 is 1.47 bits per heavy atom. The van der Waals surface area contributed by atoms with Crippen molar-refractivity contribution < 1.29 is 18.0 Å². The Morgan fingerprint density at radius 1 is 1.05 bits per heavy atom. The molecule has 1 aromatic carbocycles. The predicted molar refractivity (Wildman–Crippen MR) is 72.3 cm³/mol. The molecule has 19 heavy (non-hydrogen) atoms. The van der Waals surface area contributed by atoms with Gasteiger partial charge in [0.2, 0.25) is 0 Å². The van der Waals surface area contributed by atoms with Gasteiger partial charge >= 0.3 is 6.18 Å². The molecular formula is C14H22F3NO. The van der Waals surface area contributed by atoms with E-state index in [1.54, 1.807) is 17.4 Å². The average Bonchev–Trinajstić information content (AvgIpc) is 2.41. The van der Waals surface area contributed by atoms with Gasteiger partial charge in [0.15, 0.2) is 0 Å². The molecule has 110 valence electrons. The Bertz CT molecular complexity index is 345. The lowest BCUT2D eigenvalue weighted by atomic mass is 10.1. The molecular weight excluding hydrogens is 255 g/mol. The molecule has 0 aliphatic heterocycles. The molecule has 0 unspecified atom stereocenters. The summed E-state index contributed by atoms with van der Waals surface area (Å²) in [4.78, 5) is 11.2. The highest BCUT2D eigenvalue weighted by molar-refractivity contribution is 5.94. The number of amides is 1. The van der Waals surface area contributed by atoms with E-state index in [4.69, 9.17) is 0 Å². The first-order valence-electron chi connectivity index (χ1n) is 6.30. The minimum atomic E-state index is -4.37. The molecule has 5 heteroatoms. The largest absolute Gasteiger partial charge is 0.405 e. The van der Waals surface area contributed by atoms with E-state index in [9.17, 15) is 18.0 Å². The summed E-state index contributed by atoms with van der Waals surface area (Å²) in [6.07, 6.45) is -4.37. The minimum Gasteiger partial charge on any atom is -0.343 e. The molecule has 0 aromatic heterocycles. The molecule has 0 saturated heterocycles. The summed E-state index contributed by atoms with van der Waals surface area (Å²) in [5.74, 6) is -0.715. The summed E-state index contributed by atoms with van der Waals surface area (Å²) in [6.45, 7) is 8.52. The maximum absolute atomic E-state index is 11.8. The first kappa shape index (κ1) is 19.8. The first-order valence-corrected chi connectivity index (χ1v) is 6.30. The zero-order valence-corrected chi connectivity index (χ0v) is 12.1. The summed E-state index contributed by atoms with van der Waals surface area (Å²) in [7, 11) is 0. The van der Waals surface area contributed by atoms with E-state index < -0.39 is 18.6 Å². The van der Waals surface area contributed by atoms with Gasteiger partial charge in [0, 0.05) is 5.56 Å². The molecule has 0 fully saturated rings. The number of alkyl halides is 3. The van der Waals surface area contributed by atoms with Crippen molar-refractivity contribution in [2.75, 3.05) is 6.54 Å². The number of carbonyl (C=O) groups excluding carboxylic acids is 1. The Kier molecular flexibility index (Phi) is 10.9. The fraction of sp³-hybridized carbons (Fsp3) is 0.500. The standard InChI is InChI=1S/C10H10F3NO.2C2H6/c1-7-2-4-8(5-3-7)9(15)14-6-10(11,12)13;2*1-2/h2-5H,6H2,1H3,(H,14,15);2*1-2H3. The van der Waals surface area contributed by atoms with E-state index in [1.165, 1.54) is 12.1 Å². The maximum Gasteiger partial charge on any atom is 0.405 e. The third-order valence-electron chi connectivity index (χ3n) is 1.76. The molecule has 0 radical (unpaired) electrons. The van der Waals surface area contributed by atoms with Gasteiger partial charge < -0.3 is 5.32 Å². The Balaban J connectivity index is 0. The Morgan fingerprint density at radius 3 is 1.84 bits per heavy atom. The molecule has 1 amide bonds. The van der Waals surface area contributed by atoms with Crippen LogP contribution in [-0.2, 0) is 0 Å². The fourth-order valence-corrected chi connectivity index (χ4v) is 0.987. The van der Waals surface area contributed by atoms with Crippen LogP contribution < -0.4 is 5.32 Å². The molecule has 0 bridgehead atoms. The molecule has 0 atom stereocenters. The third-order valence-corrected chi connectivity index (χ3v) is 1.76. The van der Waals surface area contributed by atoms with Gasteiger partial charge in [0.05, 0.1) is 0 Å². The summed E-state index contributed by atoms with van der Waals surface area (Å²) in [5.41, 5.74) is 1.17. The zero-order valence-electron chi connectivity index (χ0n) is 12.1. The van der Waals surface area contributed by atoms with Crippen LogP contribution in [0.2, 0.25) is 0 Å². The van der Waals surface area contributed by atoms with E-state index in [1.807, 2.05) is 34.6 Å². The van der Waals surface area contributed by atoms with Crippen molar-refractivity contribution in [1.82, 2.24) is 5.32 Å². The molecule has 0 aliphatic rings. The molecule has 1 rings (SSSR count). The molecule has 2 nitrogen and oxygen atoms in total. The van der Waals surface area contributed by atoms with Crippen LogP contribution in [0.25, 0.3) is 0 Å². The summed E-state index contributed by atoms with van der Waals surface area (Å²) < 4.78 is 35.3. The van der Waals surface area contributed by atoms with Gasteiger partial charge in [0.25, 0.3) is 5.91 Å². The maximum atomic E-state index is 11.8. The van der Waals surface area contributed by atoms with Gasteiger partial charge in [-0.25, -0.2) is 0 Å². The number of hydrogen-bond donors (Lipinski definition) is 1. The number of nitrogens with one attached hydrogen (secondary N) is 1. The van der Waals surface area contributed by atoms with Gasteiger partial charge in [-0.1, -0.05) is 45.4 Å². The van der Waals surface area contributed by atoms with Crippen molar-refractivity contribution in [3.63, 3.8) is 0 Å². The lowest BCUT2D eigenvalue weighted by Crippen LogP contribution is -2.33. The highest BCUT2D eigenvalue weighted by atomic mass is 19.4. The van der Waals surface area contributed by atoms with Gasteiger partial charge in [0.1, 0.15) is 6.54 Å². The lowest BCUT2D eigenvalue weighted by Gasteiger charge is -2.08. The average molecular weight is 277 g/mol. The summed E-state index contributed by atoms with van der Waals surface area (Å²) in [6, 6.07) is 6.31. The van der Waals surface area contributed by atoms with E-state index in [-0.39, 0.29) is 5.56 Å². The fourth-order valence-electron chi connectivity index (χ4n) is 0.987. The lowest BCUT2D eigenvalue weighted by molar-refractivity contribution is -0.123. The normalized spacial score (nSPS) is 9.47. The van der Waals surface area contributed by atoms with Crippen molar-refractivity contribution in [2.24, 2.45) is 0 Å². The zero-order chi connectivity index (χ0) is 15.5. The smallest absolute Gasteiger partial charge is 0.343 e. The predicted octanol–water partition coefficient (Wildman–Crippen LogP) is 4.34. The molecule has 0 saturated carbocycles. The number of aryl methyl sites for hydroxylation is 1. The highest BCUT2D eigenvalue weighted by Gasteiger charge is 2.27. The van der Waals surface area contributed by atoms with Crippen molar-refractivity contribution in [3.05, 3.63) is 35.4 Å². The van der Waals surface area contributed by atoms with Crippen molar-refractivity contribution in [1.29, 1.82) is 0 Å². The number of hydrogen-bond acceptors (Lipinski definition) is 1.